The van der Waals surface area contributed by atoms with Crippen molar-refractivity contribution in [3.05, 3.63) is 57.8 Å². The van der Waals surface area contributed by atoms with Gasteiger partial charge in [-0.05, 0) is 28.1 Å². The van der Waals surface area contributed by atoms with Gasteiger partial charge in [-0.25, -0.2) is 4.39 Å². The van der Waals surface area contributed by atoms with Crippen molar-refractivity contribution in [3.63, 3.8) is 0 Å². The standard InChI is InChI=1S/C14H7Br2FO2/c15-9-5-8-12(6-10(9)17)19-11-4-2-1-3-7(11)13(16)14(8)18/h1-6,13H. The number of carbonyl (C=O) groups is 1. The molecule has 2 aromatic rings. The lowest BCUT2D eigenvalue weighted by Crippen LogP contribution is -2.05. The van der Waals surface area contributed by atoms with Gasteiger partial charge >= 0.3 is 0 Å². The van der Waals surface area contributed by atoms with E-state index in [1.54, 1.807) is 6.07 Å². The average Bonchev–Trinajstić information content (AvgIpc) is 2.50. The Morgan fingerprint density at radius 2 is 1.89 bits per heavy atom. The van der Waals surface area contributed by atoms with E-state index in [0.29, 0.717) is 11.3 Å². The fraction of sp³-hybridized carbons (Fsp3) is 0.0714. The van der Waals surface area contributed by atoms with Crippen LogP contribution < -0.4 is 4.74 Å². The van der Waals surface area contributed by atoms with Gasteiger partial charge in [0.25, 0.3) is 0 Å². The second kappa shape index (κ2) is 4.72. The molecule has 0 amide bonds. The molecule has 19 heavy (non-hydrogen) atoms. The normalized spacial score (nSPS) is 17.2. The Morgan fingerprint density at radius 3 is 2.68 bits per heavy atom. The molecule has 0 radical (unpaired) electrons. The lowest BCUT2D eigenvalue weighted by atomic mass is 10.0. The molecule has 2 aromatic carbocycles. The summed E-state index contributed by atoms with van der Waals surface area (Å²) in [6.07, 6.45) is 0. The highest BCUT2D eigenvalue weighted by Crippen LogP contribution is 2.43. The number of ether oxygens (including phenoxy) is 1. The first kappa shape index (κ1) is 12.8. The Labute approximate surface area is 125 Å². The van der Waals surface area contributed by atoms with Crippen LogP contribution in [0.2, 0.25) is 0 Å². The molecule has 1 aliphatic rings. The van der Waals surface area contributed by atoms with Crippen LogP contribution in [0.3, 0.4) is 0 Å². The van der Waals surface area contributed by atoms with Gasteiger partial charge in [-0.15, -0.1) is 0 Å². The monoisotopic (exact) mass is 384 g/mol. The Hall–Kier alpha value is -1.20. The molecule has 0 bridgehead atoms. The predicted octanol–water partition coefficient (Wildman–Crippen LogP) is 5.01. The fourth-order valence-electron chi connectivity index (χ4n) is 1.98. The number of benzene rings is 2. The summed E-state index contributed by atoms with van der Waals surface area (Å²) < 4.78 is 19.5. The predicted molar refractivity (Wildman–Crippen MR) is 76.6 cm³/mol. The molecule has 0 fully saturated rings. The van der Waals surface area contributed by atoms with E-state index in [-0.39, 0.29) is 16.0 Å². The van der Waals surface area contributed by atoms with E-state index < -0.39 is 10.6 Å². The first-order chi connectivity index (χ1) is 9.08. The third-order valence-corrected chi connectivity index (χ3v) is 4.45. The van der Waals surface area contributed by atoms with E-state index in [0.717, 1.165) is 5.56 Å². The minimum absolute atomic E-state index is 0.152. The molecule has 0 N–H and O–H groups in total. The Morgan fingerprint density at radius 1 is 1.16 bits per heavy atom. The molecule has 1 heterocycles. The van der Waals surface area contributed by atoms with E-state index in [9.17, 15) is 9.18 Å². The van der Waals surface area contributed by atoms with Crippen LogP contribution in [0.25, 0.3) is 0 Å². The quantitative estimate of drug-likeness (QED) is 0.595. The van der Waals surface area contributed by atoms with Crippen LogP contribution in [0.1, 0.15) is 20.7 Å². The molecule has 5 heteroatoms. The number of para-hydroxylation sites is 1. The Kier molecular flexibility index (Phi) is 3.19. The zero-order valence-electron chi connectivity index (χ0n) is 9.49. The lowest BCUT2D eigenvalue weighted by Gasteiger charge is -2.08. The van der Waals surface area contributed by atoms with E-state index >= 15 is 0 Å². The van der Waals surface area contributed by atoms with Gasteiger partial charge in [-0.1, -0.05) is 34.1 Å². The molecule has 0 saturated heterocycles. The second-order valence-corrected chi connectivity index (χ2v) is 5.90. The molecule has 1 aliphatic heterocycles. The molecule has 0 saturated carbocycles. The first-order valence-electron chi connectivity index (χ1n) is 5.52. The van der Waals surface area contributed by atoms with E-state index in [1.807, 2.05) is 18.2 Å². The summed E-state index contributed by atoms with van der Waals surface area (Å²) in [5.74, 6) is 0.177. The average molecular weight is 386 g/mol. The van der Waals surface area contributed by atoms with Crippen LogP contribution in [-0.4, -0.2) is 5.78 Å². The second-order valence-electron chi connectivity index (χ2n) is 4.13. The van der Waals surface area contributed by atoms with Gasteiger partial charge in [0.05, 0.1) is 10.0 Å². The SMILES string of the molecule is O=C1c2cc(Br)c(F)cc2Oc2ccccc2C1Br. The van der Waals surface area contributed by atoms with Crippen molar-refractivity contribution < 1.29 is 13.9 Å². The minimum Gasteiger partial charge on any atom is -0.456 e. The Balaban J connectivity index is 2.25. The summed E-state index contributed by atoms with van der Waals surface area (Å²) in [6, 6.07) is 9.88. The van der Waals surface area contributed by atoms with Crippen molar-refractivity contribution >= 4 is 37.6 Å². The number of ketones is 1. The maximum Gasteiger partial charge on any atom is 0.184 e. The molecule has 3 rings (SSSR count). The third-order valence-electron chi connectivity index (χ3n) is 2.93. The van der Waals surface area contributed by atoms with E-state index in [2.05, 4.69) is 31.9 Å². The minimum atomic E-state index is -0.498. The molecule has 2 nitrogen and oxygen atoms in total. The first-order valence-corrected chi connectivity index (χ1v) is 7.23. The van der Waals surface area contributed by atoms with Crippen molar-refractivity contribution in [3.8, 4) is 11.5 Å². The zero-order chi connectivity index (χ0) is 13.6. The van der Waals surface area contributed by atoms with Crippen molar-refractivity contribution in [2.45, 2.75) is 4.83 Å². The summed E-state index contributed by atoms with van der Waals surface area (Å²) >= 11 is 6.46. The van der Waals surface area contributed by atoms with Crippen LogP contribution in [0, 0.1) is 5.82 Å². The van der Waals surface area contributed by atoms with Crippen LogP contribution in [-0.2, 0) is 0 Å². The van der Waals surface area contributed by atoms with Crippen molar-refractivity contribution in [1.29, 1.82) is 0 Å². The van der Waals surface area contributed by atoms with Crippen molar-refractivity contribution in [1.82, 2.24) is 0 Å². The Bertz CT molecular complexity index is 685. The number of hydrogen-bond donors (Lipinski definition) is 0. The van der Waals surface area contributed by atoms with Crippen molar-refractivity contribution in [2.75, 3.05) is 0 Å². The highest BCUT2D eigenvalue weighted by atomic mass is 79.9. The molecule has 1 unspecified atom stereocenters. The van der Waals surface area contributed by atoms with Crippen LogP contribution in [0.4, 0.5) is 4.39 Å². The highest BCUT2D eigenvalue weighted by molar-refractivity contribution is 9.10. The van der Waals surface area contributed by atoms with E-state index in [4.69, 9.17) is 4.74 Å². The fourth-order valence-corrected chi connectivity index (χ4v) is 2.95. The summed E-state index contributed by atoms with van der Waals surface area (Å²) in [7, 11) is 0. The summed E-state index contributed by atoms with van der Waals surface area (Å²) in [4.78, 5) is 11.9. The van der Waals surface area contributed by atoms with Crippen LogP contribution >= 0.6 is 31.9 Å². The van der Waals surface area contributed by atoms with E-state index in [1.165, 1.54) is 12.1 Å². The molecule has 0 spiro atoms. The number of hydrogen-bond acceptors (Lipinski definition) is 2. The number of carbonyl (C=O) groups excluding carboxylic acids is 1. The maximum absolute atomic E-state index is 13.6. The topological polar surface area (TPSA) is 26.3 Å². The summed E-state index contributed by atoms with van der Waals surface area (Å²) in [5.41, 5.74) is 1.09. The van der Waals surface area contributed by atoms with Gasteiger partial charge in [0.1, 0.15) is 22.1 Å². The highest BCUT2D eigenvalue weighted by Gasteiger charge is 2.29. The summed E-state index contributed by atoms with van der Waals surface area (Å²) in [5, 5.41) is 0. The molecular weight excluding hydrogens is 379 g/mol. The van der Waals surface area contributed by atoms with Gasteiger partial charge in [0.2, 0.25) is 0 Å². The van der Waals surface area contributed by atoms with Gasteiger partial charge in [0, 0.05) is 11.6 Å². The van der Waals surface area contributed by atoms with Crippen molar-refractivity contribution in [2.24, 2.45) is 0 Å². The van der Waals surface area contributed by atoms with Gasteiger partial charge in [-0.2, -0.15) is 0 Å². The molecule has 96 valence electrons. The van der Waals surface area contributed by atoms with Gasteiger partial charge < -0.3 is 4.74 Å². The van der Waals surface area contributed by atoms with Gasteiger partial charge in [0.15, 0.2) is 5.78 Å². The molecule has 0 aromatic heterocycles. The zero-order valence-corrected chi connectivity index (χ0v) is 12.7. The largest absolute Gasteiger partial charge is 0.456 e. The number of alkyl halides is 1. The maximum atomic E-state index is 13.6. The number of fused-ring (bicyclic) bond motifs is 2. The number of Topliss-reactive ketones (excluding diaryl/α,β-unsaturated/α-hetero) is 1. The molecule has 0 aliphatic carbocycles. The third kappa shape index (κ3) is 2.11. The lowest BCUT2D eigenvalue weighted by molar-refractivity contribution is 0.0992. The van der Waals surface area contributed by atoms with Gasteiger partial charge in [-0.3, -0.25) is 4.79 Å². The smallest absolute Gasteiger partial charge is 0.184 e. The van der Waals surface area contributed by atoms with Crippen LogP contribution in [0.5, 0.6) is 11.5 Å². The number of rotatable bonds is 0. The molecular formula is C14H7Br2FO2. The number of halogens is 3. The van der Waals surface area contributed by atoms with Crippen LogP contribution in [0.15, 0.2) is 40.9 Å². The summed E-state index contributed by atoms with van der Waals surface area (Å²) in [6.45, 7) is 0. The molecule has 1 atom stereocenters.